The number of aromatic nitrogens is 1. The van der Waals surface area contributed by atoms with Gasteiger partial charge in [-0.1, -0.05) is 17.3 Å². The molecule has 1 amide bonds. The number of piperidine rings is 1. The maximum absolute atomic E-state index is 12.5. The number of amides is 1. The van der Waals surface area contributed by atoms with Gasteiger partial charge in [-0.05, 0) is 25.0 Å². The number of carbonyl (C=O) groups is 1. The third-order valence-corrected chi connectivity index (χ3v) is 4.70. The maximum Gasteiger partial charge on any atom is 0.228 e. The van der Waals surface area contributed by atoms with Crippen LogP contribution in [0.15, 0.2) is 28.8 Å². The number of para-hydroxylation sites is 1. The van der Waals surface area contributed by atoms with Gasteiger partial charge in [0.15, 0.2) is 11.9 Å². The highest BCUT2D eigenvalue weighted by atomic mass is 16.7. The van der Waals surface area contributed by atoms with Crippen LogP contribution >= 0.6 is 0 Å². The molecule has 6 heteroatoms. The Labute approximate surface area is 134 Å². The fraction of sp³-hybridized carbons (Fsp3) is 0.529. The van der Waals surface area contributed by atoms with Crippen molar-refractivity contribution < 1.29 is 18.8 Å². The molecule has 2 aromatic rings. The van der Waals surface area contributed by atoms with Gasteiger partial charge >= 0.3 is 0 Å². The molecule has 3 heterocycles. The average molecular weight is 316 g/mol. The number of hydrogen-bond donors (Lipinski definition) is 0. The summed E-state index contributed by atoms with van der Waals surface area (Å²) in [7, 11) is 0. The summed E-state index contributed by atoms with van der Waals surface area (Å²) in [4.78, 5) is 14.4. The largest absolute Gasteiger partial charge is 0.356 e. The molecule has 1 aromatic heterocycles. The lowest BCUT2D eigenvalue weighted by Crippen LogP contribution is -2.42. The monoisotopic (exact) mass is 316 g/mol. The Balaban J connectivity index is 1.36. The third-order valence-electron chi connectivity index (χ3n) is 4.70. The molecule has 1 aromatic carbocycles. The van der Waals surface area contributed by atoms with Gasteiger partial charge in [0.1, 0.15) is 5.69 Å². The second-order valence-electron chi connectivity index (χ2n) is 6.13. The smallest absolute Gasteiger partial charge is 0.228 e. The Morgan fingerprint density at radius 3 is 2.70 bits per heavy atom. The first-order valence-electron chi connectivity index (χ1n) is 8.15. The van der Waals surface area contributed by atoms with Crippen molar-refractivity contribution in [2.24, 2.45) is 5.92 Å². The lowest BCUT2D eigenvalue weighted by atomic mass is 9.96. The van der Waals surface area contributed by atoms with Crippen LogP contribution in [-0.2, 0) is 20.7 Å². The molecule has 2 aliphatic rings. The zero-order chi connectivity index (χ0) is 15.6. The van der Waals surface area contributed by atoms with E-state index >= 15 is 0 Å². The fourth-order valence-electron chi connectivity index (χ4n) is 3.39. The quantitative estimate of drug-likeness (QED) is 0.866. The highest BCUT2D eigenvalue weighted by molar-refractivity contribution is 5.86. The Kier molecular flexibility index (Phi) is 4.01. The highest BCUT2D eigenvalue weighted by Crippen LogP contribution is 2.26. The lowest BCUT2D eigenvalue weighted by Gasteiger charge is -2.33. The van der Waals surface area contributed by atoms with Crippen LogP contribution in [0.3, 0.4) is 0 Å². The number of nitrogens with zero attached hydrogens (tertiary/aromatic N) is 2. The minimum absolute atomic E-state index is 0.0771. The summed E-state index contributed by atoms with van der Waals surface area (Å²) in [6, 6.07) is 7.64. The van der Waals surface area contributed by atoms with Gasteiger partial charge in [0.05, 0.1) is 19.6 Å². The molecule has 0 aliphatic carbocycles. The number of hydrogen-bond acceptors (Lipinski definition) is 5. The minimum atomic E-state index is -0.0771. The van der Waals surface area contributed by atoms with E-state index in [0.29, 0.717) is 19.1 Å². The van der Waals surface area contributed by atoms with E-state index in [1.54, 1.807) is 0 Å². The minimum Gasteiger partial charge on any atom is -0.356 e. The second-order valence-corrected chi connectivity index (χ2v) is 6.13. The molecule has 0 saturated carbocycles. The SMILES string of the molecule is O=C(Cc1noc2ccccc12)N1CCC(C2OCCO2)CC1. The van der Waals surface area contributed by atoms with E-state index in [-0.39, 0.29) is 18.6 Å². The van der Waals surface area contributed by atoms with Gasteiger partial charge in [0.25, 0.3) is 0 Å². The van der Waals surface area contributed by atoms with Gasteiger partial charge in [-0.2, -0.15) is 0 Å². The van der Waals surface area contributed by atoms with Crippen LogP contribution in [0.5, 0.6) is 0 Å². The molecule has 2 aliphatic heterocycles. The van der Waals surface area contributed by atoms with Gasteiger partial charge < -0.3 is 18.9 Å². The molecule has 0 N–H and O–H groups in total. The molecular formula is C17H20N2O4. The van der Waals surface area contributed by atoms with Gasteiger partial charge in [-0.3, -0.25) is 4.79 Å². The molecule has 6 nitrogen and oxygen atoms in total. The Morgan fingerprint density at radius 1 is 1.17 bits per heavy atom. The lowest BCUT2D eigenvalue weighted by molar-refractivity contribution is -0.136. The number of rotatable bonds is 3. The van der Waals surface area contributed by atoms with Crippen LogP contribution < -0.4 is 0 Å². The van der Waals surface area contributed by atoms with Crippen molar-refractivity contribution in [3.63, 3.8) is 0 Å². The summed E-state index contributed by atoms with van der Waals surface area (Å²) in [5, 5.41) is 4.97. The van der Waals surface area contributed by atoms with Crippen LogP contribution in [0.2, 0.25) is 0 Å². The van der Waals surface area contributed by atoms with E-state index in [0.717, 1.165) is 42.6 Å². The molecule has 0 bridgehead atoms. The summed E-state index contributed by atoms with van der Waals surface area (Å²) in [6.07, 6.45) is 2.07. The van der Waals surface area contributed by atoms with Crippen LogP contribution in [0, 0.1) is 5.92 Å². The van der Waals surface area contributed by atoms with Gasteiger partial charge in [0, 0.05) is 24.4 Å². The van der Waals surface area contributed by atoms with Crippen LogP contribution in [0.1, 0.15) is 18.5 Å². The van der Waals surface area contributed by atoms with Gasteiger partial charge in [-0.25, -0.2) is 0 Å². The summed E-state index contributed by atoms with van der Waals surface area (Å²) in [5.74, 6) is 0.505. The number of ether oxygens (including phenoxy) is 2. The predicted octanol–water partition coefficient (Wildman–Crippen LogP) is 1.98. The van der Waals surface area contributed by atoms with Crippen molar-refractivity contribution >= 4 is 16.9 Å². The van der Waals surface area contributed by atoms with Crippen molar-refractivity contribution in [1.82, 2.24) is 10.1 Å². The summed E-state index contributed by atoms with van der Waals surface area (Å²) >= 11 is 0. The van der Waals surface area contributed by atoms with Crippen LogP contribution in [-0.4, -0.2) is 48.6 Å². The summed E-state index contributed by atoms with van der Waals surface area (Å²) in [5.41, 5.74) is 1.44. The summed E-state index contributed by atoms with van der Waals surface area (Å²) < 4.78 is 16.4. The van der Waals surface area contributed by atoms with Crippen LogP contribution in [0.4, 0.5) is 0 Å². The first kappa shape index (κ1) is 14.7. The highest BCUT2D eigenvalue weighted by Gasteiger charge is 2.32. The molecule has 0 unspecified atom stereocenters. The van der Waals surface area contributed by atoms with Crippen LogP contribution in [0.25, 0.3) is 11.0 Å². The van der Waals surface area contributed by atoms with Crippen molar-refractivity contribution in [1.29, 1.82) is 0 Å². The first-order chi connectivity index (χ1) is 11.3. The van der Waals surface area contributed by atoms with E-state index < -0.39 is 0 Å². The van der Waals surface area contributed by atoms with E-state index in [1.807, 2.05) is 29.2 Å². The predicted molar refractivity (Wildman–Crippen MR) is 82.7 cm³/mol. The molecule has 23 heavy (non-hydrogen) atoms. The molecule has 122 valence electrons. The molecular weight excluding hydrogens is 296 g/mol. The second kappa shape index (κ2) is 6.29. The standard InChI is InChI=1S/C17H20N2O4/c20-16(11-14-13-3-1-2-4-15(13)23-18-14)19-7-5-12(6-8-19)17-21-9-10-22-17/h1-4,12,17H,5-11H2. The molecule has 0 atom stereocenters. The van der Waals surface area contributed by atoms with E-state index in [1.165, 1.54) is 0 Å². The Hall–Kier alpha value is -1.92. The van der Waals surface area contributed by atoms with Gasteiger partial charge in [0.2, 0.25) is 5.91 Å². The van der Waals surface area contributed by atoms with E-state index in [9.17, 15) is 4.79 Å². The molecule has 2 fully saturated rings. The van der Waals surface area contributed by atoms with E-state index in [2.05, 4.69) is 5.16 Å². The Morgan fingerprint density at radius 2 is 1.91 bits per heavy atom. The van der Waals surface area contributed by atoms with Crippen molar-refractivity contribution in [3.8, 4) is 0 Å². The number of likely N-dealkylation sites (tertiary alicyclic amines) is 1. The molecule has 0 radical (unpaired) electrons. The summed E-state index contributed by atoms with van der Waals surface area (Å²) in [6.45, 7) is 2.87. The normalized spacial score (nSPS) is 20.4. The zero-order valence-corrected chi connectivity index (χ0v) is 12.9. The fourth-order valence-corrected chi connectivity index (χ4v) is 3.39. The first-order valence-corrected chi connectivity index (χ1v) is 8.15. The molecule has 4 rings (SSSR count). The number of carbonyl (C=O) groups excluding carboxylic acids is 1. The maximum atomic E-state index is 12.5. The van der Waals surface area contributed by atoms with E-state index in [4.69, 9.17) is 14.0 Å². The number of benzene rings is 1. The van der Waals surface area contributed by atoms with Crippen molar-refractivity contribution in [2.75, 3.05) is 26.3 Å². The number of fused-ring (bicyclic) bond motifs is 1. The molecule has 2 saturated heterocycles. The average Bonchev–Trinajstić information content (AvgIpc) is 3.25. The van der Waals surface area contributed by atoms with Crippen molar-refractivity contribution in [3.05, 3.63) is 30.0 Å². The third kappa shape index (κ3) is 2.96. The zero-order valence-electron chi connectivity index (χ0n) is 12.9. The Bertz CT molecular complexity index is 685. The molecule has 0 spiro atoms. The van der Waals surface area contributed by atoms with Gasteiger partial charge in [-0.15, -0.1) is 0 Å². The topological polar surface area (TPSA) is 64.8 Å². The van der Waals surface area contributed by atoms with Crippen molar-refractivity contribution in [2.45, 2.75) is 25.6 Å².